The summed E-state index contributed by atoms with van der Waals surface area (Å²) in [7, 11) is 0. The van der Waals surface area contributed by atoms with Crippen LogP contribution in [0.1, 0.15) is 107 Å². The van der Waals surface area contributed by atoms with Crippen molar-refractivity contribution in [1.29, 1.82) is 0 Å². The average Bonchev–Trinajstić information content (AvgIpc) is 2.91. The molecule has 0 heterocycles. The molecule has 0 unspecified atom stereocenters. The van der Waals surface area contributed by atoms with Crippen LogP contribution in [-0.2, 0) is 12.8 Å². The number of halogens is 1. The Morgan fingerprint density at radius 3 is 2.14 bits per heavy atom. The van der Waals surface area contributed by atoms with Crippen LogP contribution >= 0.6 is 0 Å². The number of aryl methyl sites for hydroxylation is 2. The zero-order valence-corrected chi connectivity index (χ0v) is 22.4. The van der Waals surface area contributed by atoms with Crippen molar-refractivity contribution in [3.63, 3.8) is 0 Å². The van der Waals surface area contributed by atoms with Gasteiger partial charge in [0.25, 0.3) is 0 Å². The molecule has 3 aromatic rings. The topological polar surface area (TPSA) is 0 Å². The average molecular weight is 483 g/mol. The third-order valence-corrected chi connectivity index (χ3v) is 8.14. The Morgan fingerprint density at radius 1 is 0.694 bits per heavy atom. The zero-order valence-electron chi connectivity index (χ0n) is 22.4. The summed E-state index contributed by atoms with van der Waals surface area (Å²) < 4.78 is 15.2. The lowest BCUT2D eigenvalue weighted by Crippen LogP contribution is -2.15. The molecule has 0 amide bonds. The van der Waals surface area contributed by atoms with Gasteiger partial charge in [-0.25, -0.2) is 4.39 Å². The predicted octanol–water partition coefficient (Wildman–Crippen LogP) is 10.0. The van der Waals surface area contributed by atoms with Crippen molar-refractivity contribution in [3.05, 3.63) is 82.7 Å². The molecular weight excluding hydrogens is 439 g/mol. The van der Waals surface area contributed by atoms with E-state index in [1.807, 2.05) is 18.2 Å². The van der Waals surface area contributed by atoms with Gasteiger partial charge in [-0.3, -0.25) is 0 Å². The lowest BCUT2D eigenvalue weighted by molar-refractivity contribution is 0.252. The fourth-order valence-electron chi connectivity index (χ4n) is 5.83. The van der Waals surface area contributed by atoms with E-state index in [0.29, 0.717) is 10.9 Å². The van der Waals surface area contributed by atoms with Crippen LogP contribution in [0.25, 0.3) is 10.8 Å². The second-order valence-electron chi connectivity index (χ2n) is 11.0. The number of hydrogen-bond acceptors (Lipinski definition) is 0. The monoisotopic (exact) mass is 482 g/mol. The van der Waals surface area contributed by atoms with E-state index in [-0.39, 0.29) is 5.82 Å². The van der Waals surface area contributed by atoms with Gasteiger partial charge in [-0.05, 0) is 72.2 Å². The molecule has 0 aliphatic heterocycles. The number of rotatable bonds is 10. The maximum Gasteiger partial charge on any atom is 0.146 e. The summed E-state index contributed by atoms with van der Waals surface area (Å²) in [4.78, 5) is 0. The first kappa shape index (κ1) is 26.5. The summed E-state index contributed by atoms with van der Waals surface area (Å²) in [6.07, 6.45) is 16.9. The van der Waals surface area contributed by atoms with E-state index in [0.717, 1.165) is 35.6 Å². The zero-order chi connectivity index (χ0) is 25.2. The minimum Gasteiger partial charge on any atom is -0.205 e. The van der Waals surface area contributed by atoms with Gasteiger partial charge in [0, 0.05) is 10.9 Å². The lowest BCUT2D eigenvalue weighted by atomic mass is 9.78. The van der Waals surface area contributed by atoms with Gasteiger partial charge < -0.3 is 0 Å². The van der Waals surface area contributed by atoms with Gasteiger partial charge in [-0.15, -0.1) is 0 Å². The molecule has 1 aliphatic carbocycles. The lowest BCUT2D eigenvalue weighted by Gasteiger charge is -2.28. The summed E-state index contributed by atoms with van der Waals surface area (Å²) in [6.45, 7) is 4.54. The summed E-state index contributed by atoms with van der Waals surface area (Å²) in [5.41, 5.74) is 4.09. The van der Waals surface area contributed by atoms with Crippen molar-refractivity contribution < 1.29 is 4.39 Å². The minimum atomic E-state index is -0.201. The van der Waals surface area contributed by atoms with E-state index >= 15 is 4.39 Å². The second kappa shape index (κ2) is 13.6. The third-order valence-electron chi connectivity index (χ3n) is 8.14. The maximum absolute atomic E-state index is 15.2. The fraction of sp³-hybridized carbons (Fsp3) is 0.486. The van der Waals surface area contributed by atoms with Crippen LogP contribution in [-0.4, -0.2) is 0 Å². The van der Waals surface area contributed by atoms with Crippen LogP contribution in [0.2, 0.25) is 0 Å². The van der Waals surface area contributed by atoms with E-state index in [2.05, 4.69) is 62.1 Å². The molecule has 0 N–H and O–H groups in total. The van der Waals surface area contributed by atoms with Crippen LogP contribution in [0.4, 0.5) is 4.39 Å². The van der Waals surface area contributed by atoms with Crippen LogP contribution < -0.4 is 0 Å². The van der Waals surface area contributed by atoms with Crippen molar-refractivity contribution in [1.82, 2.24) is 0 Å². The van der Waals surface area contributed by atoms with Gasteiger partial charge in [-0.2, -0.15) is 0 Å². The highest BCUT2D eigenvalue weighted by molar-refractivity contribution is 5.85. The first-order chi connectivity index (χ1) is 17.7. The van der Waals surface area contributed by atoms with Crippen molar-refractivity contribution in [2.75, 3.05) is 0 Å². The molecule has 0 nitrogen and oxygen atoms in total. The standard InChI is InChI=1S/C35H43F/c1-3-5-6-7-9-28-12-16-30(17-13-28)20-22-32-23-24-33-26-31(21-25-34(33)35(32)36)19-18-29-14-10-27(8-4-2)11-15-29/h12-13,16-17,21,23-27,29H,3-11,14-15,18-19H2,1-2H3. The predicted molar refractivity (Wildman–Crippen MR) is 153 cm³/mol. The molecule has 0 spiro atoms. The van der Waals surface area contributed by atoms with E-state index < -0.39 is 0 Å². The number of benzene rings is 3. The Hall–Kier alpha value is -2.59. The first-order valence-electron chi connectivity index (χ1n) is 14.5. The Morgan fingerprint density at radius 2 is 1.42 bits per heavy atom. The summed E-state index contributed by atoms with van der Waals surface area (Å²) >= 11 is 0. The summed E-state index contributed by atoms with van der Waals surface area (Å²) in [6, 6.07) is 18.6. The molecule has 190 valence electrons. The van der Waals surface area contributed by atoms with E-state index in [1.54, 1.807) is 0 Å². The molecule has 4 rings (SSSR count). The minimum absolute atomic E-state index is 0.201. The molecule has 1 fully saturated rings. The fourth-order valence-corrected chi connectivity index (χ4v) is 5.83. The SMILES string of the molecule is CCCCCCc1ccc(C#Cc2ccc3cc(CCC4CCC(CCC)CC4)ccc3c2F)cc1. The van der Waals surface area contributed by atoms with Crippen LogP contribution in [0.15, 0.2) is 54.6 Å². The molecular formula is C35H43F. The van der Waals surface area contributed by atoms with Crippen LogP contribution in [0.3, 0.4) is 0 Å². The van der Waals surface area contributed by atoms with Crippen molar-refractivity contribution >= 4 is 10.8 Å². The van der Waals surface area contributed by atoms with E-state index in [4.69, 9.17) is 0 Å². The smallest absolute Gasteiger partial charge is 0.146 e. The Balaban J connectivity index is 1.35. The van der Waals surface area contributed by atoms with Gasteiger partial charge in [0.15, 0.2) is 0 Å². The first-order valence-corrected chi connectivity index (χ1v) is 14.5. The Labute approximate surface area is 218 Å². The molecule has 0 atom stereocenters. The third kappa shape index (κ3) is 7.46. The Bertz CT molecular complexity index is 1150. The normalized spacial score (nSPS) is 17.6. The molecule has 3 aromatic carbocycles. The highest BCUT2D eigenvalue weighted by Gasteiger charge is 2.20. The van der Waals surface area contributed by atoms with Crippen molar-refractivity contribution in [2.45, 2.75) is 97.3 Å². The van der Waals surface area contributed by atoms with Crippen molar-refractivity contribution in [3.8, 4) is 11.8 Å². The molecule has 1 aliphatic rings. The summed E-state index contributed by atoms with van der Waals surface area (Å²) in [5.74, 6) is 7.85. The van der Waals surface area contributed by atoms with Crippen LogP contribution in [0.5, 0.6) is 0 Å². The largest absolute Gasteiger partial charge is 0.205 e. The van der Waals surface area contributed by atoms with Crippen molar-refractivity contribution in [2.24, 2.45) is 11.8 Å². The highest BCUT2D eigenvalue weighted by atomic mass is 19.1. The molecule has 1 saturated carbocycles. The number of fused-ring (bicyclic) bond motifs is 1. The van der Waals surface area contributed by atoms with E-state index in [9.17, 15) is 0 Å². The van der Waals surface area contributed by atoms with Gasteiger partial charge in [0.05, 0.1) is 5.56 Å². The summed E-state index contributed by atoms with van der Waals surface area (Å²) in [5, 5.41) is 1.66. The molecule has 0 aromatic heterocycles. The molecule has 1 heteroatoms. The van der Waals surface area contributed by atoms with Crippen LogP contribution in [0, 0.1) is 29.5 Å². The Kier molecular flexibility index (Phi) is 10.0. The highest BCUT2D eigenvalue weighted by Crippen LogP contribution is 2.34. The van der Waals surface area contributed by atoms with Gasteiger partial charge in [0.1, 0.15) is 5.82 Å². The quantitative estimate of drug-likeness (QED) is 0.199. The number of hydrogen-bond donors (Lipinski definition) is 0. The number of unbranched alkanes of at least 4 members (excludes halogenated alkanes) is 3. The molecule has 36 heavy (non-hydrogen) atoms. The molecule has 0 radical (unpaired) electrons. The molecule has 0 bridgehead atoms. The maximum atomic E-state index is 15.2. The van der Waals surface area contributed by atoms with Gasteiger partial charge >= 0.3 is 0 Å². The van der Waals surface area contributed by atoms with E-state index in [1.165, 1.54) is 81.8 Å². The van der Waals surface area contributed by atoms with Gasteiger partial charge in [0.2, 0.25) is 0 Å². The van der Waals surface area contributed by atoms with Gasteiger partial charge in [-0.1, -0.05) is 120 Å². The second-order valence-corrected chi connectivity index (χ2v) is 11.0. The molecule has 0 saturated heterocycles.